The molecule has 2 rings (SSSR count). The van der Waals surface area contributed by atoms with Crippen molar-refractivity contribution in [3.05, 3.63) is 28.2 Å². The number of carbonyl (C=O) groups is 1. The van der Waals surface area contributed by atoms with Crippen molar-refractivity contribution in [1.29, 1.82) is 0 Å². The Morgan fingerprint density at radius 3 is 2.82 bits per heavy atom. The summed E-state index contributed by atoms with van der Waals surface area (Å²) in [6.45, 7) is 0.634. The van der Waals surface area contributed by atoms with Crippen LogP contribution >= 0.6 is 15.9 Å². The number of benzene rings is 1. The minimum atomic E-state index is -0.191. The van der Waals surface area contributed by atoms with Crippen molar-refractivity contribution in [3.8, 4) is 0 Å². The summed E-state index contributed by atoms with van der Waals surface area (Å²) in [4.78, 5) is 11.9. The molecule has 0 aromatic heterocycles. The molecular formula is C12H15BrN2O2. The number of nitrogens with one attached hydrogen (secondary N) is 1. The summed E-state index contributed by atoms with van der Waals surface area (Å²) in [6, 6.07) is 5.18. The molecule has 1 aromatic carbocycles. The van der Waals surface area contributed by atoms with Crippen LogP contribution in [0.15, 0.2) is 22.7 Å². The van der Waals surface area contributed by atoms with Crippen molar-refractivity contribution in [2.45, 2.75) is 12.8 Å². The minimum absolute atomic E-state index is 0.0869. The van der Waals surface area contributed by atoms with Crippen molar-refractivity contribution in [2.75, 3.05) is 18.9 Å². The smallest absolute Gasteiger partial charge is 0.253 e. The minimum Gasteiger partial charge on any atom is -0.398 e. The number of carbonyl (C=O) groups excluding carboxylic acids is 1. The lowest BCUT2D eigenvalue weighted by molar-refractivity contribution is 0.0936. The van der Waals surface area contributed by atoms with Crippen LogP contribution in [0, 0.1) is 5.41 Å². The molecule has 0 spiro atoms. The molecule has 0 bridgehead atoms. The molecule has 4 nitrogen and oxygen atoms in total. The fraction of sp³-hybridized carbons (Fsp3) is 0.417. The third-order valence-electron chi connectivity index (χ3n) is 3.18. The lowest BCUT2D eigenvalue weighted by atomic mass is 10.1. The molecule has 1 aliphatic carbocycles. The van der Waals surface area contributed by atoms with Gasteiger partial charge in [0.25, 0.3) is 5.91 Å². The molecule has 1 fully saturated rings. The summed E-state index contributed by atoms with van der Waals surface area (Å²) in [5.74, 6) is -0.191. The fourth-order valence-electron chi connectivity index (χ4n) is 1.66. The van der Waals surface area contributed by atoms with Crippen LogP contribution in [0.25, 0.3) is 0 Å². The topological polar surface area (TPSA) is 75.4 Å². The third kappa shape index (κ3) is 2.79. The van der Waals surface area contributed by atoms with E-state index in [2.05, 4.69) is 21.2 Å². The highest BCUT2D eigenvalue weighted by Crippen LogP contribution is 2.44. The number of rotatable bonds is 4. The molecule has 5 heteroatoms. The third-order valence-corrected chi connectivity index (χ3v) is 3.67. The van der Waals surface area contributed by atoms with E-state index in [0.717, 1.165) is 17.3 Å². The first-order valence-corrected chi connectivity index (χ1v) is 6.30. The highest BCUT2D eigenvalue weighted by molar-refractivity contribution is 9.10. The van der Waals surface area contributed by atoms with Gasteiger partial charge in [0.1, 0.15) is 0 Å². The van der Waals surface area contributed by atoms with E-state index in [9.17, 15) is 4.79 Å². The summed E-state index contributed by atoms with van der Waals surface area (Å²) >= 11 is 3.31. The Bertz CT molecular complexity index is 444. The molecule has 1 amide bonds. The van der Waals surface area contributed by atoms with Gasteiger partial charge in [-0.3, -0.25) is 4.79 Å². The first kappa shape index (κ1) is 12.4. The molecule has 0 heterocycles. The molecular weight excluding hydrogens is 284 g/mol. The van der Waals surface area contributed by atoms with Gasteiger partial charge >= 0.3 is 0 Å². The molecule has 1 aromatic rings. The number of nitrogens with two attached hydrogens (primary N) is 1. The van der Waals surface area contributed by atoms with Gasteiger partial charge in [-0.2, -0.15) is 0 Å². The van der Waals surface area contributed by atoms with Gasteiger partial charge in [-0.1, -0.05) is 15.9 Å². The standard InChI is InChI=1S/C12H15BrN2O2/c13-8-1-2-10(14)9(5-8)11(17)15-6-12(7-16)3-4-12/h1-2,5,16H,3-4,6-7,14H2,(H,15,17). The lowest BCUT2D eigenvalue weighted by Gasteiger charge is -2.13. The van der Waals surface area contributed by atoms with E-state index in [0.29, 0.717) is 17.8 Å². The van der Waals surface area contributed by atoms with Gasteiger partial charge in [0.15, 0.2) is 0 Å². The van der Waals surface area contributed by atoms with E-state index in [4.69, 9.17) is 10.8 Å². The Hall–Kier alpha value is -1.07. The predicted octanol–water partition coefficient (Wildman–Crippen LogP) is 1.53. The Labute approximate surface area is 108 Å². The second kappa shape index (κ2) is 4.66. The van der Waals surface area contributed by atoms with Crippen molar-refractivity contribution in [1.82, 2.24) is 5.32 Å². The Morgan fingerprint density at radius 2 is 2.24 bits per heavy atom. The lowest BCUT2D eigenvalue weighted by Crippen LogP contribution is -2.32. The van der Waals surface area contributed by atoms with Crippen molar-refractivity contribution < 1.29 is 9.90 Å². The van der Waals surface area contributed by atoms with Crippen molar-refractivity contribution in [2.24, 2.45) is 5.41 Å². The van der Waals surface area contributed by atoms with Crippen LogP contribution in [0.5, 0.6) is 0 Å². The Morgan fingerprint density at radius 1 is 1.53 bits per heavy atom. The number of halogens is 1. The van der Waals surface area contributed by atoms with Crippen LogP contribution < -0.4 is 11.1 Å². The Balaban J connectivity index is 2.02. The molecule has 0 atom stereocenters. The van der Waals surface area contributed by atoms with Crippen LogP contribution in [0.4, 0.5) is 5.69 Å². The zero-order valence-corrected chi connectivity index (χ0v) is 11.0. The maximum atomic E-state index is 11.9. The van der Waals surface area contributed by atoms with Gasteiger partial charge < -0.3 is 16.2 Å². The highest BCUT2D eigenvalue weighted by Gasteiger charge is 2.42. The zero-order valence-electron chi connectivity index (χ0n) is 9.37. The van der Waals surface area contributed by atoms with Crippen LogP contribution in [0.2, 0.25) is 0 Å². The summed E-state index contributed by atoms with van der Waals surface area (Å²) in [5.41, 5.74) is 6.58. The van der Waals surface area contributed by atoms with Gasteiger partial charge in [-0.15, -0.1) is 0 Å². The molecule has 0 unspecified atom stereocenters. The number of nitrogen functional groups attached to an aromatic ring is 1. The van der Waals surface area contributed by atoms with E-state index in [1.54, 1.807) is 18.2 Å². The second-order valence-corrected chi connectivity index (χ2v) is 5.49. The van der Waals surface area contributed by atoms with Crippen molar-refractivity contribution in [3.63, 3.8) is 0 Å². The van der Waals surface area contributed by atoms with Crippen LogP contribution in [-0.4, -0.2) is 24.2 Å². The number of anilines is 1. The number of amides is 1. The van der Waals surface area contributed by atoms with Gasteiger partial charge in [0, 0.05) is 22.1 Å². The van der Waals surface area contributed by atoms with Crippen LogP contribution in [0.1, 0.15) is 23.2 Å². The van der Waals surface area contributed by atoms with Gasteiger partial charge in [0.2, 0.25) is 0 Å². The van der Waals surface area contributed by atoms with Crippen molar-refractivity contribution >= 4 is 27.5 Å². The normalized spacial score (nSPS) is 16.6. The average molecular weight is 299 g/mol. The number of aliphatic hydroxyl groups is 1. The van der Waals surface area contributed by atoms with Gasteiger partial charge in [-0.25, -0.2) is 0 Å². The summed E-state index contributed by atoms with van der Waals surface area (Å²) in [7, 11) is 0. The van der Waals surface area contributed by atoms with E-state index in [-0.39, 0.29) is 17.9 Å². The number of hydrogen-bond donors (Lipinski definition) is 3. The Kier molecular flexibility index (Phi) is 3.40. The average Bonchev–Trinajstić information content (AvgIpc) is 3.10. The maximum absolute atomic E-state index is 11.9. The molecule has 17 heavy (non-hydrogen) atoms. The van der Waals surface area contributed by atoms with E-state index < -0.39 is 0 Å². The largest absolute Gasteiger partial charge is 0.398 e. The van der Waals surface area contributed by atoms with E-state index >= 15 is 0 Å². The first-order valence-electron chi connectivity index (χ1n) is 5.50. The van der Waals surface area contributed by atoms with Crippen LogP contribution in [0.3, 0.4) is 0 Å². The van der Waals surface area contributed by atoms with E-state index in [1.165, 1.54) is 0 Å². The predicted molar refractivity (Wildman–Crippen MR) is 69.6 cm³/mol. The summed E-state index contributed by atoms with van der Waals surface area (Å²) < 4.78 is 0.820. The summed E-state index contributed by atoms with van der Waals surface area (Å²) in [6.07, 6.45) is 1.94. The zero-order chi connectivity index (χ0) is 12.5. The molecule has 4 N–H and O–H groups in total. The first-order chi connectivity index (χ1) is 8.06. The monoisotopic (exact) mass is 298 g/mol. The molecule has 1 aliphatic rings. The fourth-order valence-corrected chi connectivity index (χ4v) is 2.02. The molecule has 0 aliphatic heterocycles. The number of aliphatic hydroxyl groups excluding tert-OH is 1. The SMILES string of the molecule is Nc1ccc(Br)cc1C(=O)NCC1(CO)CC1. The van der Waals surface area contributed by atoms with Gasteiger partial charge in [0.05, 0.1) is 12.2 Å². The quantitative estimate of drug-likeness (QED) is 0.738. The molecule has 1 saturated carbocycles. The summed E-state index contributed by atoms with van der Waals surface area (Å²) in [5, 5.41) is 12.0. The molecule has 92 valence electrons. The maximum Gasteiger partial charge on any atom is 0.253 e. The van der Waals surface area contributed by atoms with Crippen LogP contribution in [-0.2, 0) is 0 Å². The highest BCUT2D eigenvalue weighted by atomic mass is 79.9. The molecule has 0 saturated heterocycles. The van der Waals surface area contributed by atoms with Gasteiger partial charge in [-0.05, 0) is 31.0 Å². The molecule has 0 radical (unpaired) electrons. The van der Waals surface area contributed by atoms with E-state index in [1.807, 2.05) is 0 Å². The number of hydrogen-bond acceptors (Lipinski definition) is 3. The second-order valence-electron chi connectivity index (χ2n) is 4.57.